The van der Waals surface area contributed by atoms with Gasteiger partial charge in [0, 0.05) is 3.57 Å². The Balaban J connectivity index is 2.43. The van der Waals surface area contributed by atoms with E-state index < -0.39 is 0 Å². The third-order valence-corrected chi connectivity index (χ3v) is 3.95. The van der Waals surface area contributed by atoms with Crippen LogP contribution in [0.3, 0.4) is 0 Å². The lowest BCUT2D eigenvalue weighted by Gasteiger charge is -2.09. The molecule has 0 atom stereocenters. The van der Waals surface area contributed by atoms with Crippen molar-refractivity contribution in [2.75, 3.05) is 0 Å². The Morgan fingerprint density at radius 1 is 0.941 bits per heavy atom. The zero-order valence-electron chi connectivity index (χ0n) is 10.5. The number of hydrogen-bond donors (Lipinski definition) is 0. The van der Waals surface area contributed by atoms with Crippen LogP contribution >= 0.6 is 22.6 Å². The van der Waals surface area contributed by atoms with Gasteiger partial charge in [0.15, 0.2) is 0 Å². The molecule has 0 saturated carbocycles. The van der Waals surface area contributed by atoms with Gasteiger partial charge >= 0.3 is 0 Å². The average molecular weight is 336 g/mol. The van der Waals surface area contributed by atoms with Crippen LogP contribution in [0.4, 0.5) is 0 Å². The van der Waals surface area contributed by atoms with Crippen LogP contribution in [0.1, 0.15) is 30.9 Å². The van der Waals surface area contributed by atoms with E-state index in [1.807, 2.05) is 0 Å². The van der Waals surface area contributed by atoms with Gasteiger partial charge in [-0.05, 0) is 58.2 Å². The summed E-state index contributed by atoms with van der Waals surface area (Å²) in [6.45, 7) is 6.60. The monoisotopic (exact) mass is 336 g/mol. The molecular weight excluding hydrogens is 319 g/mol. The van der Waals surface area contributed by atoms with Crippen molar-refractivity contribution < 1.29 is 0 Å². The van der Waals surface area contributed by atoms with Crippen molar-refractivity contribution in [3.63, 3.8) is 0 Å². The van der Waals surface area contributed by atoms with E-state index in [2.05, 4.69) is 85.8 Å². The maximum Gasteiger partial charge on any atom is 0.0208 e. The highest BCUT2D eigenvalue weighted by molar-refractivity contribution is 14.1. The van der Waals surface area contributed by atoms with Crippen molar-refractivity contribution in [3.8, 4) is 11.1 Å². The molecule has 0 radical (unpaired) electrons. The third-order valence-electron chi connectivity index (χ3n) is 3.01. The molecule has 0 bridgehead atoms. The van der Waals surface area contributed by atoms with E-state index in [-0.39, 0.29) is 0 Å². The van der Waals surface area contributed by atoms with Crippen molar-refractivity contribution in [2.24, 2.45) is 0 Å². The first kappa shape index (κ1) is 12.6. The Morgan fingerprint density at radius 3 is 2.18 bits per heavy atom. The van der Waals surface area contributed by atoms with Gasteiger partial charge in [-0.1, -0.05) is 55.8 Å². The molecule has 0 nitrogen and oxygen atoms in total. The minimum Gasteiger partial charge on any atom is -0.0587 e. The zero-order chi connectivity index (χ0) is 12.4. The highest BCUT2D eigenvalue weighted by Gasteiger charge is 2.04. The summed E-state index contributed by atoms with van der Waals surface area (Å²) >= 11 is 2.40. The normalized spacial score (nSPS) is 10.9. The van der Waals surface area contributed by atoms with Crippen LogP contribution < -0.4 is 0 Å². The molecule has 0 aromatic heterocycles. The van der Waals surface area contributed by atoms with E-state index in [0.29, 0.717) is 5.92 Å². The second-order valence-corrected chi connectivity index (χ2v) is 5.92. The summed E-state index contributed by atoms with van der Waals surface area (Å²) in [7, 11) is 0. The van der Waals surface area contributed by atoms with Crippen LogP contribution in [0.5, 0.6) is 0 Å². The zero-order valence-corrected chi connectivity index (χ0v) is 12.7. The molecule has 88 valence electrons. The van der Waals surface area contributed by atoms with Gasteiger partial charge in [-0.2, -0.15) is 0 Å². The molecule has 2 aromatic carbocycles. The Bertz CT molecular complexity index is 510. The number of aryl methyl sites for hydroxylation is 1. The molecule has 0 aliphatic heterocycles. The van der Waals surface area contributed by atoms with E-state index >= 15 is 0 Å². The molecule has 0 spiro atoms. The summed E-state index contributed by atoms with van der Waals surface area (Å²) in [6.07, 6.45) is 0. The first-order valence-corrected chi connectivity index (χ1v) is 7.02. The van der Waals surface area contributed by atoms with E-state index in [9.17, 15) is 0 Å². The van der Waals surface area contributed by atoms with Crippen LogP contribution in [0.15, 0.2) is 42.5 Å². The van der Waals surface area contributed by atoms with Gasteiger partial charge in [0.05, 0.1) is 0 Å². The van der Waals surface area contributed by atoms with Crippen molar-refractivity contribution >= 4 is 22.6 Å². The van der Waals surface area contributed by atoms with E-state index in [0.717, 1.165) is 0 Å². The fraction of sp³-hybridized carbons (Fsp3) is 0.250. The molecule has 0 saturated heterocycles. The largest absolute Gasteiger partial charge is 0.0587 e. The first-order chi connectivity index (χ1) is 8.08. The predicted molar refractivity (Wildman–Crippen MR) is 83.4 cm³/mol. The van der Waals surface area contributed by atoms with Crippen LogP contribution in [-0.4, -0.2) is 0 Å². The molecule has 0 aliphatic carbocycles. The summed E-state index contributed by atoms with van der Waals surface area (Å²) < 4.78 is 1.31. The average Bonchev–Trinajstić information content (AvgIpc) is 2.32. The van der Waals surface area contributed by atoms with Gasteiger partial charge in [0.1, 0.15) is 0 Å². The Hall–Kier alpha value is -0.830. The van der Waals surface area contributed by atoms with Gasteiger partial charge in [0.2, 0.25) is 0 Å². The second-order valence-electron chi connectivity index (χ2n) is 4.76. The fourth-order valence-corrected chi connectivity index (χ4v) is 2.55. The van der Waals surface area contributed by atoms with Crippen molar-refractivity contribution in [1.82, 2.24) is 0 Å². The standard InChI is InChI=1S/C16H17I/c1-11(2)13-5-7-14(8-6-13)15-10-12(3)4-9-16(15)17/h4-11H,1-3H3. The number of benzene rings is 2. The van der Waals surface area contributed by atoms with Crippen molar-refractivity contribution in [2.45, 2.75) is 26.7 Å². The van der Waals surface area contributed by atoms with Crippen molar-refractivity contribution in [1.29, 1.82) is 0 Å². The number of halogens is 1. The summed E-state index contributed by atoms with van der Waals surface area (Å²) in [5.41, 5.74) is 5.35. The molecule has 0 heterocycles. The SMILES string of the molecule is Cc1ccc(I)c(-c2ccc(C(C)C)cc2)c1. The van der Waals surface area contributed by atoms with Gasteiger partial charge in [0.25, 0.3) is 0 Å². The Kier molecular flexibility index (Phi) is 3.87. The topological polar surface area (TPSA) is 0 Å². The molecule has 0 N–H and O–H groups in total. The summed E-state index contributed by atoms with van der Waals surface area (Å²) in [5.74, 6) is 0.598. The highest BCUT2D eigenvalue weighted by atomic mass is 127. The van der Waals surface area contributed by atoms with Gasteiger partial charge in [-0.3, -0.25) is 0 Å². The van der Waals surface area contributed by atoms with E-state index in [1.165, 1.54) is 25.8 Å². The molecular formula is C16H17I. The number of hydrogen-bond acceptors (Lipinski definition) is 0. The molecule has 1 heteroatoms. The fourth-order valence-electron chi connectivity index (χ4n) is 1.91. The maximum atomic E-state index is 2.40. The van der Waals surface area contributed by atoms with Crippen molar-refractivity contribution in [3.05, 3.63) is 57.2 Å². The predicted octanol–water partition coefficient (Wildman–Crippen LogP) is 5.39. The Morgan fingerprint density at radius 2 is 1.59 bits per heavy atom. The maximum absolute atomic E-state index is 2.40. The van der Waals surface area contributed by atoms with Gasteiger partial charge in [-0.25, -0.2) is 0 Å². The Labute approximate surface area is 117 Å². The van der Waals surface area contributed by atoms with Gasteiger partial charge in [-0.15, -0.1) is 0 Å². The quantitative estimate of drug-likeness (QED) is 0.645. The van der Waals surface area contributed by atoms with Crippen LogP contribution in [0.2, 0.25) is 0 Å². The minimum atomic E-state index is 0.598. The lowest BCUT2D eigenvalue weighted by Crippen LogP contribution is -1.88. The first-order valence-electron chi connectivity index (χ1n) is 5.94. The minimum absolute atomic E-state index is 0.598. The van der Waals surface area contributed by atoms with E-state index in [4.69, 9.17) is 0 Å². The summed E-state index contributed by atoms with van der Waals surface area (Å²) in [6, 6.07) is 15.5. The lowest BCUT2D eigenvalue weighted by molar-refractivity contribution is 0.867. The van der Waals surface area contributed by atoms with Gasteiger partial charge < -0.3 is 0 Å². The lowest BCUT2D eigenvalue weighted by atomic mass is 9.98. The molecule has 0 aliphatic rings. The highest BCUT2D eigenvalue weighted by Crippen LogP contribution is 2.27. The van der Waals surface area contributed by atoms with E-state index in [1.54, 1.807) is 0 Å². The molecule has 2 rings (SSSR count). The van der Waals surface area contributed by atoms with Crippen LogP contribution in [-0.2, 0) is 0 Å². The van der Waals surface area contributed by atoms with Crippen LogP contribution in [0, 0.1) is 10.5 Å². The summed E-state index contributed by atoms with van der Waals surface area (Å²) in [5, 5.41) is 0. The smallest absolute Gasteiger partial charge is 0.0208 e. The molecule has 0 fully saturated rings. The van der Waals surface area contributed by atoms with Crippen LogP contribution in [0.25, 0.3) is 11.1 Å². The molecule has 17 heavy (non-hydrogen) atoms. The second kappa shape index (κ2) is 5.21. The number of rotatable bonds is 2. The third kappa shape index (κ3) is 2.89. The molecule has 0 unspecified atom stereocenters. The summed E-state index contributed by atoms with van der Waals surface area (Å²) in [4.78, 5) is 0. The molecule has 0 amide bonds. The molecule has 2 aromatic rings.